The number of aryl methyl sites for hydroxylation is 1. The number of amides is 1. The highest BCUT2D eigenvalue weighted by Crippen LogP contribution is 2.41. The number of carbonyl (C=O) groups is 1. The molecule has 1 saturated carbocycles. The fourth-order valence-electron chi connectivity index (χ4n) is 4.11. The molecule has 0 unspecified atom stereocenters. The molecule has 2 aromatic rings. The molecule has 0 spiro atoms. The van der Waals surface area contributed by atoms with Crippen molar-refractivity contribution >= 4 is 17.5 Å². The summed E-state index contributed by atoms with van der Waals surface area (Å²) in [6, 6.07) is 0.0299. The van der Waals surface area contributed by atoms with Crippen molar-refractivity contribution in [3.63, 3.8) is 0 Å². The van der Waals surface area contributed by atoms with Gasteiger partial charge in [0.15, 0.2) is 5.69 Å². The van der Waals surface area contributed by atoms with Crippen LogP contribution in [0.5, 0.6) is 0 Å². The van der Waals surface area contributed by atoms with E-state index in [1.807, 2.05) is 15.7 Å². The second kappa shape index (κ2) is 5.89. The quantitative estimate of drug-likeness (QED) is 0.888. The molecule has 1 aliphatic carbocycles. The van der Waals surface area contributed by atoms with Crippen LogP contribution >= 0.6 is 11.6 Å². The van der Waals surface area contributed by atoms with Gasteiger partial charge in [-0.1, -0.05) is 11.6 Å². The molecule has 3 heterocycles. The molecule has 2 aromatic heterocycles. The van der Waals surface area contributed by atoms with Crippen LogP contribution in [-0.4, -0.2) is 54.4 Å². The van der Waals surface area contributed by atoms with Crippen LogP contribution in [0.2, 0.25) is 5.02 Å². The van der Waals surface area contributed by atoms with Crippen molar-refractivity contribution in [1.82, 2.24) is 24.2 Å². The Morgan fingerprint density at radius 1 is 1.33 bits per heavy atom. The van der Waals surface area contributed by atoms with E-state index in [1.54, 1.807) is 30.5 Å². The topological polar surface area (TPSA) is 76.2 Å². The van der Waals surface area contributed by atoms with E-state index in [4.69, 9.17) is 11.6 Å². The number of rotatable bonds is 2. The molecule has 0 aromatic carbocycles. The van der Waals surface area contributed by atoms with Gasteiger partial charge in [-0.15, -0.1) is 0 Å². The van der Waals surface area contributed by atoms with Crippen molar-refractivity contribution in [3.05, 3.63) is 35.6 Å². The number of likely N-dealkylation sites (tertiary alicyclic amines) is 1. The highest BCUT2D eigenvalue weighted by atomic mass is 35.5. The van der Waals surface area contributed by atoms with Crippen molar-refractivity contribution < 1.29 is 9.90 Å². The van der Waals surface area contributed by atoms with E-state index in [2.05, 4.69) is 10.1 Å². The van der Waals surface area contributed by atoms with Gasteiger partial charge >= 0.3 is 0 Å². The zero-order valence-corrected chi connectivity index (χ0v) is 14.2. The van der Waals surface area contributed by atoms with E-state index in [9.17, 15) is 9.90 Å². The maximum Gasteiger partial charge on any atom is 0.275 e. The number of hydrogen-bond acceptors (Lipinski definition) is 4. The minimum absolute atomic E-state index is 0.0299. The molecule has 1 aliphatic heterocycles. The Bertz CT molecular complexity index is 744. The van der Waals surface area contributed by atoms with Crippen LogP contribution in [-0.2, 0) is 7.05 Å². The Hall–Kier alpha value is -1.86. The molecule has 8 heteroatoms. The second-order valence-corrected chi connectivity index (χ2v) is 7.25. The molecule has 1 amide bonds. The van der Waals surface area contributed by atoms with Crippen molar-refractivity contribution in [2.75, 3.05) is 13.1 Å². The number of aromatic nitrogens is 4. The Morgan fingerprint density at radius 2 is 2.08 bits per heavy atom. The maximum atomic E-state index is 12.7. The SMILES string of the molecule is Cn1cc(Cl)c(C(=O)N2C[C@H]3C[C@@H](n4ccnc4)[C@H](O)C[C@H]3C2)n1. The second-order valence-electron chi connectivity index (χ2n) is 6.85. The molecular weight excluding hydrogens is 330 g/mol. The Balaban J connectivity index is 1.50. The van der Waals surface area contributed by atoms with Gasteiger partial charge in [-0.25, -0.2) is 4.98 Å². The predicted molar refractivity (Wildman–Crippen MR) is 87.6 cm³/mol. The first kappa shape index (κ1) is 15.7. The molecule has 24 heavy (non-hydrogen) atoms. The first-order valence-electron chi connectivity index (χ1n) is 8.17. The largest absolute Gasteiger partial charge is 0.391 e. The molecule has 1 N–H and O–H groups in total. The molecule has 0 bridgehead atoms. The summed E-state index contributed by atoms with van der Waals surface area (Å²) < 4.78 is 3.53. The molecule has 4 rings (SSSR count). The molecule has 7 nitrogen and oxygen atoms in total. The molecule has 128 valence electrons. The summed E-state index contributed by atoms with van der Waals surface area (Å²) in [6.07, 6.45) is 8.14. The van der Waals surface area contributed by atoms with Gasteiger partial charge in [0.2, 0.25) is 0 Å². The normalized spacial score (nSPS) is 29.7. The zero-order valence-electron chi connectivity index (χ0n) is 13.4. The summed E-state index contributed by atoms with van der Waals surface area (Å²) in [5.41, 5.74) is 0.310. The van der Waals surface area contributed by atoms with Crippen molar-refractivity contribution in [2.24, 2.45) is 18.9 Å². The lowest BCUT2D eigenvalue weighted by atomic mass is 9.77. The van der Waals surface area contributed by atoms with E-state index < -0.39 is 6.10 Å². The maximum absolute atomic E-state index is 12.7. The van der Waals surface area contributed by atoms with Gasteiger partial charge in [0.25, 0.3) is 5.91 Å². The van der Waals surface area contributed by atoms with Crippen molar-refractivity contribution in [2.45, 2.75) is 25.0 Å². The number of imidazole rings is 1. The van der Waals surface area contributed by atoms with Crippen LogP contribution in [0.15, 0.2) is 24.9 Å². The van der Waals surface area contributed by atoms with Crippen LogP contribution in [0.4, 0.5) is 0 Å². The first-order chi connectivity index (χ1) is 11.5. The minimum Gasteiger partial charge on any atom is -0.391 e. The molecule has 0 radical (unpaired) electrons. The number of fused-ring (bicyclic) bond motifs is 1. The van der Waals surface area contributed by atoms with Crippen LogP contribution in [0, 0.1) is 11.8 Å². The summed E-state index contributed by atoms with van der Waals surface area (Å²) in [5.74, 6) is 0.585. The Morgan fingerprint density at radius 3 is 2.71 bits per heavy atom. The van der Waals surface area contributed by atoms with Gasteiger partial charge in [-0.05, 0) is 24.7 Å². The molecule has 2 fully saturated rings. The molecule has 1 saturated heterocycles. The van der Waals surface area contributed by atoms with Gasteiger partial charge in [0, 0.05) is 38.7 Å². The van der Waals surface area contributed by atoms with Crippen molar-refractivity contribution in [3.8, 4) is 0 Å². The zero-order chi connectivity index (χ0) is 16.8. The van der Waals surface area contributed by atoms with Gasteiger partial charge in [-0.3, -0.25) is 9.48 Å². The monoisotopic (exact) mass is 349 g/mol. The Kier molecular flexibility index (Phi) is 3.85. The summed E-state index contributed by atoms with van der Waals surface area (Å²) in [5, 5.41) is 15.0. The van der Waals surface area contributed by atoms with Gasteiger partial charge in [-0.2, -0.15) is 5.10 Å². The standard InChI is InChI=1S/C16H20ClN5O2/c1-20-8-12(17)15(19-20)16(24)22-6-10-4-13(21-3-2-18-9-21)14(23)5-11(10)7-22/h2-3,8-11,13-14,23H,4-7H2,1H3/t10-,11+,13-,14-/m1/s1. The van der Waals surface area contributed by atoms with Crippen molar-refractivity contribution in [1.29, 1.82) is 0 Å². The van der Waals surface area contributed by atoms with E-state index in [-0.39, 0.29) is 11.9 Å². The number of carbonyl (C=O) groups excluding carboxylic acids is 1. The van der Waals surface area contributed by atoms with Gasteiger partial charge < -0.3 is 14.6 Å². The number of aliphatic hydroxyl groups is 1. The highest BCUT2D eigenvalue weighted by molar-refractivity contribution is 6.33. The predicted octanol–water partition coefficient (Wildman–Crippen LogP) is 1.35. The lowest BCUT2D eigenvalue weighted by Crippen LogP contribution is -2.35. The molecular formula is C16H20ClN5O2. The summed E-state index contributed by atoms with van der Waals surface area (Å²) >= 11 is 6.10. The lowest BCUT2D eigenvalue weighted by Gasteiger charge is -2.35. The third kappa shape index (κ3) is 2.61. The number of hydrogen-bond donors (Lipinski definition) is 1. The van der Waals surface area contributed by atoms with E-state index >= 15 is 0 Å². The number of nitrogens with zero attached hydrogens (tertiary/aromatic N) is 5. The van der Waals surface area contributed by atoms with E-state index in [1.165, 1.54) is 0 Å². The van der Waals surface area contributed by atoms with E-state index in [0.29, 0.717) is 42.1 Å². The van der Waals surface area contributed by atoms with Gasteiger partial charge in [0.05, 0.1) is 23.5 Å². The molecule has 4 atom stereocenters. The van der Waals surface area contributed by atoms with E-state index in [0.717, 1.165) is 6.42 Å². The minimum atomic E-state index is -0.408. The Labute approximate surface area is 144 Å². The van der Waals surface area contributed by atoms with Crippen LogP contribution < -0.4 is 0 Å². The van der Waals surface area contributed by atoms with Gasteiger partial charge in [0.1, 0.15) is 0 Å². The molecule has 2 aliphatic rings. The number of aliphatic hydroxyl groups excluding tert-OH is 1. The van der Waals surface area contributed by atoms with Crippen LogP contribution in [0.25, 0.3) is 0 Å². The fraction of sp³-hybridized carbons (Fsp3) is 0.562. The average Bonchev–Trinajstić information content (AvgIpc) is 3.25. The number of halogens is 1. The summed E-state index contributed by atoms with van der Waals surface area (Å²) in [6.45, 7) is 1.35. The third-order valence-corrected chi connectivity index (χ3v) is 5.57. The van der Waals surface area contributed by atoms with Crippen LogP contribution in [0.1, 0.15) is 29.4 Å². The summed E-state index contributed by atoms with van der Waals surface area (Å²) in [7, 11) is 1.75. The highest BCUT2D eigenvalue weighted by Gasteiger charge is 2.44. The smallest absolute Gasteiger partial charge is 0.275 e. The average molecular weight is 350 g/mol. The first-order valence-corrected chi connectivity index (χ1v) is 8.54. The van der Waals surface area contributed by atoms with Crippen LogP contribution in [0.3, 0.4) is 0 Å². The summed E-state index contributed by atoms with van der Waals surface area (Å²) in [4.78, 5) is 18.6. The lowest BCUT2D eigenvalue weighted by molar-refractivity contribution is 0.0357. The fourth-order valence-corrected chi connectivity index (χ4v) is 4.37. The third-order valence-electron chi connectivity index (χ3n) is 5.29.